The summed E-state index contributed by atoms with van der Waals surface area (Å²) in [6, 6.07) is 13.0. The molecule has 0 spiro atoms. The quantitative estimate of drug-likeness (QED) is 0.340. The van der Waals surface area contributed by atoms with Crippen LogP contribution in [0.1, 0.15) is 23.6 Å². The molecular weight excluding hydrogens is 488 g/mol. The molecule has 2 aliphatic rings. The maximum atomic E-state index is 12.5. The minimum atomic E-state index is -3.69. The van der Waals surface area contributed by atoms with Gasteiger partial charge in [-0.15, -0.1) is 0 Å². The number of sulfone groups is 1. The van der Waals surface area contributed by atoms with E-state index in [-0.39, 0.29) is 27.5 Å². The van der Waals surface area contributed by atoms with Gasteiger partial charge < -0.3 is 9.47 Å². The molecule has 35 heavy (non-hydrogen) atoms. The first-order valence-corrected chi connectivity index (χ1v) is 13.3. The Morgan fingerprint density at radius 1 is 1.09 bits per heavy atom. The van der Waals surface area contributed by atoms with Gasteiger partial charge in [0, 0.05) is 0 Å². The first kappa shape index (κ1) is 24.7. The van der Waals surface area contributed by atoms with Crippen LogP contribution in [-0.4, -0.2) is 54.4 Å². The Balaban J connectivity index is 1.41. The van der Waals surface area contributed by atoms with Crippen molar-refractivity contribution in [3.63, 3.8) is 0 Å². The highest BCUT2D eigenvalue weighted by atomic mass is 32.2. The van der Waals surface area contributed by atoms with Crippen LogP contribution in [0.4, 0.5) is 0 Å². The van der Waals surface area contributed by atoms with Crippen molar-refractivity contribution in [1.82, 2.24) is 4.90 Å². The van der Waals surface area contributed by atoms with E-state index >= 15 is 0 Å². The first-order valence-electron chi connectivity index (χ1n) is 10.8. The van der Waals surface area contributed by atoms with Crippen molar-refractivity contribution in [2.75, 3.05) is 19.0 Å². The molecule has 0 saturated heterocycles. The SMILES string of the molecule is CCS(=O)(=O)C1=NSC2=NC(=O)/C(=C\c3ccc(OCCOc4cc(C)ccc4C)cc3)C(=N)N21. The fraction of sp³-hybridized carbons (Fsp3) is 0.250. The normalized spacial score (nSPS) is 16.8. The zero-order valence-corrected chi connectivity index (χ0v) is 21.1. The van der Waals surface area contributed by atoms with Gasteiger partial charge in [-0.1, -0.05) is 31.2 Å². The van der Waals surface area contributed by atoms with Gasteiger partial charge in [-0.05, 0) is 54.8 Å². The van der Waals surface area contributed by atoms with E-state index in [4.69, 9.17) is 14.9 Å². The summed E-state index contributed by atoms with van der Waals surface area (Å²) in [6.07, 6.45) is 1.50. The van der Waals surface area contributed by atoms with Crippen molar-refractivity contribution in [3.8, 4) is 11.5 Å². The third kappa shape index (κ3) is 5.30. The van der Waals surface area contributed by atoms with E-state index in [1.54, 1.807) is 24.3 Å². The summed E-state index contributed by atoms with van der Waals surface area (Å²) in [5, 5.41) is 8.24. The number of aryl methyl sites for hydroxylation is 2. The van der Waals surface area contributed by atoms with Crippen LogP contribution in [-0.2, 0) is 14.6 Å². The molecule has 2 aromatic rings. The fourth-order valence-corrected chi connectivity index (χ4v) is 5.29. The lowest BCUT2D eigenvalue weighted by Crippen LogP contribution is -2.45. The van der Waals surface area contributed by atoms with E-state index < -0.39 is 15.7 Å². The Bertz CT molecular complexity index is 1380. The lowest BCUT2D eigenvalue weighted by molar-refractivity contribution is -0.114. The topological polar surface area (TPSA) is 121 Å². The van der Waals surface area contributed by atoms with E-state index in [1.807, 2.05) is 32.0 Å². The van der Waals surface area contributed by atoms with Gasteiger partial charge in [0.05, 0.1) is 23.3 Å². The summed E-state index contributed by atoms with van der Waals surface area (Å²) in [7, 11) is -3.69. The molecule has 2 aliphatic heterocycles. The zero-order valence-electron chi connectivity index (χ0n) is 19.4. The van der Waals surface area contributed by atoms with Crippen molar-refractivity contribution >= 4 is 49.9 Å². The molecule has 1 amide bonds. The number of amides is 1. The average Bonchev–Trinajstić information content (AvgIpc) is 3.27. The predicted molar refractivity (Wildman–Crippen MR) is 138 cm³/mol. The number of carbonyl (C=O) groups excluding carboxylic acids is 1. The number of benzene rings is 2. The average molecular weight is 513 g/mol. The largest absolute Gasteiger partial charge is 0.490 e. The van der Waals surface area contributed by atoms with Crippen LogP contribution in [0.2, 0.25) is 0 Å². The molecule has 0 fully saturated rings. The summed E-state index contributed by atoms with van der Waals surface area (Å²) in [6.45, 7) is 6.24. The van der Waals surface area contributed by atoms with Crippen molar-refractivity contribution in [2.24, 2.45) is 9.39 Å². The monoisotopic (exact) mass is 512 g/mol. The van der Waals surface area contributed by atoms with Crippen molar-refractivity contribution in [2.45, 2.75) is 20.8 Å². The van der Waals surface area contributed by atoms with Crippen molar-refractivity contribution in [3.05, 3.63) is 64.7 Å². The fourth-order valence-electron chi connectivity index (χ4n) is 3.33. The summed E-state index contributed by atoms with van der Waals surface area (Å²) in [5.74, 6) is 0.389. The van der Waals surface area contributed by atoms with Crippen molar-refractivity contribution in [1.29, 1.82) is 5.41 Å². The number of carbonyl (C=O) groups is 1. The number of nitrogens with zero attached hydrogens (tertiary/aromatic N) is 3. The van der Waals surface area contributed by atoms with Crippen LogP contribution >= 0.6 is 11.9 Å². The molecule has 1 N–H and O–H groups in total. The Morgan fingerprint density at radius 2 is 1.80 bits per heavy atom. The molecule has 0 unspecified atom stereocenters. The van der Waals surface area contributed by atoms with E-state index in [1.165, 1.54) is 13.0 Å². The summed E-state index contributed by atoms with van der Waals surface area (Å²) >= 11 is 0.773. The molecule has 0 bridgehead atoms. The number of hydrogen-bond donors (Lipinski definition) is 1. The molecule has 2 heterocycles. The molecule has 4 rings (SSSR count). The lowest BCUT2D eigenvalue weighted by Gasteiger charge is -2.24. The molecule has 11 heteroatoms. The van der Waals surface area contributed by atoms with E-state index in [0.29, 0.717) is 24.5 Å². The number of ether oxygens (including phenoxy) is 2. The van der Waals surface area contributed by atoms with Crippen LogP contribution < -0.4 is 9.47 Å². The highest BCUT2D eigenvalue weighted by Crippen LogP contribution is 2.30. The third-order valence-electron chi connectivity index (χ3n) is 5.30. The summed E-state index contributed by atoms with van der Waals surface area (Å²) < 4.78 is 40.1. The van der Waals surface area contributed by atoms with Crippen LogP contribution in [0.5, 0.6) is 11.5 Å². The highest BCUT2D eigenvalue weighted by Gasteiger charge is 2.42. The van der Waals surface area contributed by atoms with Crippen LogP contribution in [0, 0.1) is 19.3 Å². The van der Waals surface area contributed by atoms with Crippen molar-refractivity contribution < 1.29 is 22.7 Å². The first-order chi connectivity index (χ1) is 16.7. The number of hydrogen-bond acceptors (Lipinski definition) is 8. The van der Waals surface area contributed by atoms with Gasteiger partial charge in [0.15, 0.2) is 0 Å². The van der Waals surface area contributed by atoms with E-state index in [2.05, 4.69) is 9.39 Å². The summed E-state index contributed by atoms with van der Waals surface area (Å²) in [4.78, 5) is 17.5. The minimum Gasteiger partial charge on any atom is -0.490 e. The molecule has 2 aromatic carbocycles. The van der Waals surface area contributed by atoms with Crippen LogP contribution in [0.3, 0.4) is 0 Å². The number of aliphatic imine (C=N–C) groups is 1. The number of rotatable bonds is 7. The molecule has 0 aliphatic carbocycles. The molecule has 0 atom stereocenters. The second-order valence-electron chi connectivity index (χ2n) is 7.85. The Kier molecular flexibility index (Phi) is 7.08. The minimum absolute atomic E-state index is 0.0224. The molecule has 9 nitrogen and oxygen atoms in total. The van der Waals surface area contributed by atoms with Gasteiger partial charge in [-0.3, -0.25) is 10.2 Å². The molecule has 182 valence electrons. The third-order valence-corrected chi connectivity index (χ3v) is 7.70. The number of amidine groups is 3. The Morgan fingerprint density at radius 3 is 2.51 bits per heavy atom. The highest BCUT2D eigenvalue weighted by molar-refractivity contribution is 8.16. The van der Waals surface area contributed by atoms with Gasteiger partial charge in [0.1, 0.15) is 30.5 Å². The molecule has 0 radical (unpaired) electrons. The second kappa shape index (κ2) is 10.0. The smallest absolute Gasteiger partial charge is 0.283 e. The number of fused-ring (bicyclic) bond motifs is 1. The summed E-state index contributed by atoms with van der Waals surface area (Å²) in [5.41, 5.74) is 2.80. The standard InChI is InChI=1S/C24H24N4O5S2/c1-4-35(30,31)24-27-34-23-26-22(29)19(21(25)28(23)24)14-17-7-9-18(10-8-17)32-11-12-33-20-13-15(2)5-6-16(20)3/h5-10,13-14,25H,4,11-12H2,1-3H3/b19-14-,25-21?. The molecular formula is C24H24N4O5S2. The van der Waals surface area contributed by atoms with Gasteiger partial charge in [0.2, 0.25) is 20.2 Å². The Labute approximate surface area is 208 Å². The van der Waals surface area contributed by atoms with E-state index in [9.17, 15) is 13.2 Å². The van der Waals surface area contributed by atoms with E-state index in [0.717, 1.165) is 33.7 Å². The van der Waals surface area contributed by atoms with Gasteiger partial charge in [-0.25, -0.2) is 13.3 Å². The van der Waals surface area contributed by atoms with Crippen LogP contribution in [0.15, 0.2) is 57.4 Å². The predicted octanol–water partition coefficient (Wildman–Crippen LogP) is 3.77. The second-order valence-corrected chi connectivity index (χ2v) is 10.7. The zero-order chi connectivity index (χ0) is 25.2. The molecule has 0 aromatic heterocycles. The van der Waals surface area contributed by atoms with Crippen LogP contribution in [0.25, 0.3) is 6.08 Å². The molecule has 0 saturated carbocycles. The van der Waals surface area contributed by atoms with Gasteiger partial charge >= 0.3 is 0 Å². The number of nitrogens with one attached hydrogen (secondary N) is 1. The Hall–Kier alpha value is -3.44. The maximum Gasteiger partial charge on any atom is 0.283 e. The van der Waals surface area contributed by atoms with Gasteiger partial charge in [-0.2, -0.15) is 9.39 Å². The van der Waals surface area contributed by atoms with Gasteiger partial charge in [0.25, 0.3) is 5.91 Å². The lowest BCUT2D eigenvalue weighted by atomic mass is 10.1. The maximum absolute atomic E-state index is 12.5.